The van der Waals surface area contributed by atoms with Crippen LogP contribution < -0.4 is 0 Å². The monoisotopic (exact) mass is 331 g/mol. The summed E-state index contributed by atoms with van der Waals surface area (Å²) >= 11 is 0. The van der Waals surface area contributed by atoms with Crippen molar-refractivity contribution in [2.45, 2.75) is 5.92 Å². The molecule has 0 saturated heterocycles. The first-order valence-corrected chi connectivity index (χ1v) is 9.09. The normalized spacial score (nSPS) is 13.2. The molecule has 0 bridgehead atoms. The minimum atomic E-state index is 0.306. The van der Waals surface area contributed by atoms with Crippen LogP contribution in [-0.4, -0.2) is 4.98 Å². The Bertz CT molecular complexity index is 1250. The van der Waals surface area contributed by atoms with Crippen molar-refractivity contribution < 1.29 is 0 Å². The molecule has 0 radical (unpaired) electrons. The smallest absolute Gasteiger partial charge is 0.0465 e. The molecule has 0 saturated carbocycles. The maximum absolute atomic E-state index is 3.53. The molecule has 0 aliphatic heterocycles. The van der Waals surface area contributed by atoms with Gasteiger partial charge >= 0.3 is 0 Å². The highest BCUT2D eigenvalue weighted by molar-refractivity contribution is 6.07. The quantitative estimate of drug-likeness (QED) is 0.355. The molecule has 26 heavy (non-hydrogen) atoms. The molecule has 0 amide bonds. The number of rotatable bonds is 1. The van der Waals surface area contributed by atoms with Gasteiger partial charge in [-0.3, -0.25) is 0 Å². The maximum atomic E-state index is 3.53. The van der Waals surface area contributed by atoms with Crippen LogP contribution in [0.2, 0.25) is 0 Å². The van der Waals surface area contributed by atoms with Crippen molar-refractivity contribution >= 4 is 21.8 Å². The second kappa shape index (κ2) is 5.09. The number of hydrogen-bond donors (Lipinski definition) is 1. The second-order valence-electron chi connectivity index (χ2n) is 7.08. The van der Waals surface area contributed by atoms with Gasteiger partial charge in [0.2, 0.25) is 0 Å². The number of aromatic amines is 1. The van der Waals surface area contributed by atoms with Gasteiger partial charge in [0, 0.05) is 27.7 Å². The van der Waals surface area contributed by atoms with Crippen LogP contribution in [0.1, 0.15) is 22.6 Å². The third kappa shape index (κ3) is 1.80. The molecule has 4 aromatic carbocycles. The topological polar surface area (TPSA) is 15.8 Å². The number of para-hydroxylation sites is 1. The van der Waals surface area contributed by atoms with Crippen LogP contribution in [-0.2, 0) is 0 Å². The van der Waals surface area contributed by atoms with E-state index in [1.165, 1.54) is 49.6 Å². The highest BCUT2D eigenvalue weighted by Gasteiger charge is 2.29. The summed E-state index contributed by atoms with van der Waals surface area (Å²) in [6, 6.07) is 33.1. The zero-order valence-corrected chi connectivity index (χ0v) is 14.2. The Hall–Kier alpha value is -3.32. The van der Waals surface area contributed by atoms with E-state index in [1.54, 1.807) is 0 Å². The van der Waals surface area contributed by atoms with E-state index in [1.807, 2.05) is 0 Å². The van der Waals surface area contributed by atoms with Gasteiger partial charge in [-0.15, -0.1) is 0 Å². The molecule has 1 aliphatic carbocycles. The summed E-state index contributed by atoms with van der Waals surface area (Å²) in [5.41, 5.74) is 9.32. The molecule has 1 aliphatic rings. The predicted molar refractivity (Wildman–Crippen MR) is 109 cm³/mol. The molecule has 0 spiro atoms. The van der Waals surface area contributed by atoms with Crippen molar-refractivity contribution in [3.8, 4) is 11.1 Å². The SMILES string of the molecule is c1ccc2c(c1)-c1ccccc1C2c1ccc2[nH]c3ccccc3c2c1. The average Bonchev–Trinajstić information content (AvgIpc) is 3.23. The molecule has 0 atom stereocenters. The zero-order valence-electron chi connectivity index (χ0n) is 14.2. The Morgan fingerprint density at radius 1 is 0.538 bits per heavy atom. The molecule has 0 fully saturated rings. The number of nitrogens with one attached hydrogen (secondary N) is 1. The Balaban J connectivity index is 1.64. The summed E-state index contributed by atoms with van der Waals surface area (Å²) in [5.74, 6) is 0.306. The lowest BCUT2D eigenvalue weighted by atomic mass is 9.88. The Kier molecular flexibility index (Phi) is 2.72. The van der Waals surface area contributed by atoms with Gasteiger partial charge < -0.3 is 4.98 Å². The fourth-order valence-corrected chi connectivity index (χ4v) is 4.56. The molecule has 122 valence electrons. The van der Waals surface area contributed by atoms with Crippen molar-refractivity contribution in [2.75, 3.05) is 0 Å². The fourth-order valence-electron chi connectivity index (χ4n) is 4.56. The number of aromatic nitrogens is 1. The summed E-state index contributed by atoms with van der Waals surface area (Å²) in [7, 11) is 0. The van der Waals surface area contributed by atoms with E-state index in [0.29, 0.717) is 5.92 Å². The van der Waals surface area contributed by atoms with Crippen molar-refractivity contribution in [2.24, 2.45) is 0 Å². The van der Waals surface area contributed by atoms with Crippen LogP contribution in [0.25, 0.3) is 32.9 Å². The number of hydrogen-bond acceptors (Lipinski definition) is 0. The Morgan fingerprint density at radius 2 is 1.15 bits per heavy atom. The summed E-state index contributed by atoms with van der Waals surface area (Å²) in [4.78, 5) is 3.53. The molecule has 6 rings (SSSR count). The molecule has 1 heteroatoms. The van der Waals surface area contributed by atoms with Crippen molar-refractivity contribution in [3.05, 3.63) is 108 Å². The van der Waals surface area contributed by atoms with Gasteiger partial charge in [0.25, 0.3) is 0 Å². The number of H-pyrrole nitrogens is 1. The van der Waals surface area contributed by atoms with Crippen LogP contribution in [0.3, 0.4) is 0 Å². The van der Waals surface area contributed by atoms with Gasteiger partial charge in [0.15, 0.2) is 0 Å². The summed E-state index contributed by atoms with van der Waals surface area (Å²) in [5, 5.41) is 2.60. The van der Waals surface area contributed by atoms with Crippen molar-refractivity contribution in [3.63, 3.8) is 0 Å². The van der Waals surface area contributed by atoms with E-state index in [4.69, 9.17) is 0 Å². The van der Waals surface area contributed by atoms with Gasteiger partial charge in [0.05, 0.1) is 0 Å². The Morgan fingerprint density at radius 3 is 1.92 bits per heavy atom. The minimum Gasteiger partial charge on any atom is -0.355 e. The summed E-state index contributed by atoms with van der Waals surface area (Å²) in [6.07, 6.45) is 0. The molecule has 1 heterocycles. The van der Waals surface area contributed by atoms with Gasteiger partial charge in [0.1, 0.15) is 0 Å². The zero-order chi connectivity index (χ0) is 17.1. The third-order valence-electron chi connectivity index (χ3n) is 5.70. The van der Waals surface area contributed by atoms with E-state index in [2.05, 4.69) is 96.0 Å². The highest BCUT2D eigenvalue weighted by Crippen LogP contribution is 2.48. The lowest BCUT2D eigenvalue weighted by Gasteiger charge is -2.14. The van der Waals surface area contributed by atoms with Gasteiger partial charge in [-0.05, 0) is 46.0 Å². The first-order valence-electron chi connectivity index (χ1n) is 9.09. The van der Waals surface area contributed by atoms with Crippen LogP contribution >= 0.6 is 0 Å². The summed E-state index contributed by atoms with van der Waals surface area (Å²) < 4.78 is 0. The largest absolute Gasteiger partial charge is 0.355 e. The fraction of sp³-hybridized carbons (Fsp3) is 0.0400. The Labute approximate surface area is 151 Å². The lowest BCUT2D eigenvalue weighted by Crippen LogP contribution is -1.98. The van der Waals surface area contributed by atoms with E-state index >= 15 is 0 Å². The van der Waals surface area contributed by atoms with Crippen LogP contribution in [0, 0.1) is 0 Å². The first-order chi connectivity index (χ1) is 12.9. The molecule has 1 nitrogen and oxygen atoms in total. The van der Waals surface area contributed by atoms with Crippen LogP contribution in [0.4, 0.5) is 0 Å². The van der Waals surface area contributed by atoms with Gasteiger partial charge in [-0.25, -0.2) is 0 Å². The standard InChI is InChI=1S/C25H17N/c1-3-10-20-17(7-1)18-8-2-4-11-21(18)25(20)16-13-14-24-22(15-16)19-9-5-6-12-23(19)26-24/h1-15,25-26H. The van der Waals surface area contributed by atoms with E-state index in [-0.39, 0.29) is 0 Å². The molecule has 1 N–H and O–H groups in total. The van der Waals surface area contributed by atoms with E-state index in [9.17, 15) is 0 Å². The average molecular weight is 331 g/mol. The molecule has 0 unspecified atom stereocenters. The minimum absolute atomic E-state index is 0.306. The highest BCUT2D eigenvalue weighted by atomic mass is 14.7. The molecule has 1 aromatic heterocycles. The molecule has 5 aromatic rings. The van der Waals surface area contributed by atoms with Gasteiger partial charge in [-0.2, -0.15) is 0 Å². The predicted octanol–water partition coefficient (Wildman–Crippen LogP) is 6.48. The van der Waals surface area contributed by atoms with Crippen LogP contribution in [0.5, 0.6) is 0 Å². The summed E-state index contributed by atoms with van der Waals surface area (Å²) in [6.45, 7) is 0. The lowest BCUT2D eigenvalue weighted by molar-refractivity contribution is 1.02. The molecular weight excluding hydrogens is 314 g/mol. The number of fused-ring (bicyclic) bond motifs is 6. The third-order valence-corrected chi connectivity index (χ3v) is 5.70. The first kappa shape index (κ1) is 13.9. The second-order valence-corrected chi connectivity index (χ2v) is 7.08. The van der Waals surface area contributed by atoms with E-state index < -0.39 is 0 Å². The van der Waals surface area contributed by atoms with Crippen LogP contribution in [0.15, 0.2) is 91.0 Å². The van der Waals surface area contributed by atoms with E-state index in [0.717, 1.165) is 0 Å². The maximum Gasteiger partial charge on any atom is 0.0465 e. The van der Waals surface area contributed by atoms with Crippen molar-refractivity contribution in [1.82, 2.24) is 4.98 Å². The van der Waals surface area contributed by atoms with Gasteiger partial charge in [-0.1, -0.05) is 72.8 Å². The number of benzene rings is 4. The molecular formula is C25H17N. The van der Waals surface area contributed by atoms with Crippen molar-refractivity contribution in [1.29, 1.82) is 0 Å².